The molecule has 1 aromatic carbocycles. The first-order valence-corrected chi connectivity index (χ1v) is 5.75. The van der Waals surface area contributed by atoms with Crippen molar-refractivity contribution in [2.45, 2.75) is 13.3 Å². The minimum atomic E-state index is -0.150. The molecular formula is C10H10Cl2N2OS. The van der Waals surface area contributed by atoms with Crippen LogP contribution in [0.1, 0.15) is 13.3 Å². The Morgan fingerprint density at radius 1 is 1.44 bits per heavy atom. The molecule has 6 heteroatoms. The molecule has 86 valence electrons. The maximum Gasteiger partial charge on any atom is 0.225 e. The third kappa shape index (κ3) is 3.96. The lowest BCUT2D eigenvalue weighted by atomic mass is 10.3. The Labute approximate surface area is 109 Å². The molecule has 1 aromatic rings. The number of thiocarbonyl (C=S) groups is 1. The normalized spacial score (nSPS) is 9.69. The smallest absolute Gasteiger partial charge is 0.225 e. The second kappa shape index (κ2) is 6.03. The summed E-state index contributed by atoms with van der Waals surface area (Å²) in [6.07, 6.45) is 0.371. The van der Waals surface area contributed by atoms with Crippen LogP contribution in [0.3, 0.4) is 0 Å². The molecule has 0 aliphatic carbocycles. The molecule has 0 aliphatic rings. The van der Waals surface area contributed by atoms with Gasteiger partial charge in [-0.2, -0.15) is 0 Å². The first-order valence-electron chi connectivity index (χ1n) is 4.58. The predicted molar refractivity (Wildman–Crippen MR) is 71.1 cm³/mol. The molecule has 0 aliphatic heterocycles. The monoisotopic (exact) mass is 276 g/mol. The standard InChI is InChI=1S/C10H10Cl2N2OS/c1-2-9(15)14-10(16)13-8-4-3-6(11)5-7(8)12/h3-5H,2H2,1H3,(H2,13,14,15,16). The summed E-state index contributed by atoms with van der Waals surface area (Å²) in [6.45, 7) is 1.74. The van der Waals surface area contributed by atoms with Gasteiger partial charge in [-0.25, -0.2) is 0 Å². The molecule has 1 amide bonds. The van der Waals surface area contributed by atoms with Crippen molar-refractivity contribution < 1.29 is 4.79 Å². The SMILES string of the molecule is CCC(=O)NC(=S)Nc1ccc(Cl)cc1Cl. The van der Waals surface area contributed by atoms with Gasteiger partial charge >= 0.3 is 0 Å². The maximum atomic E-state index is 11.1. The number of halogens is 2. The summed E-state index contributed by atoms with van der Waals surface area (Å²) >= 11 is 16.6. The molecule has 2 N–H and O–H groups in total. The van der Waals surface area contributed by atoms with E-state index in [1.54, 1.807) is 25.1 Å². The van der Waals surface area contributed by atoms with Gasteiger partial charge in [0.1, 0.15) is 0 Å². The van der Waals surface area contributed by atoms with E-state index in [-0.39, 0.29) is 11.0 Å². The van der Waals surface area contributed by atoms with Gasteiger partial charge in [-0.1, -0.05) is 30.1 Å². The Hall–Kier alpha value is -0.840. The minimum absolute atomic E-state index is 0.150. The maximum absolute atomic E-state index is 11.1. The summed E-state index contributed by atoms with van der Waals surface area (Å²) in [6, 6.07) is 4.96. The van der Waals surface area contributed by atoms with Crippen molar-refractivity contribution in [1.82, 2.24) is 5.32 Å². The molecule has 0 atom stereocenters. The molecule has 0 saturated carbocycles. The van der Waals surface area contributed by atoms with Gasteiger partial charge in [-0.3, -0.25) is 4.79 Å². The highest BCUT2D eigenvalue weighted by Crippen LogP contribution is 2.25. The van der Waals surface area contributed by atoms with Gasteiger partial charge in [0, 0.05) is 11.4 Å². The fraction of sp³-hybridized carbons (Fsp3) is 0.200. The fourth-order valence-electron chi connectivity index (χ4n) is 0.959. The Morgan fingerprint density at radius 3 is 2.69 bits per heavy atom. The molecule has 0 radical (unpaired) electrons. The lowest BCUT2D eigenvalue weighted by Crippen LogP contribution is -2.33. The van der Waals surface area contributed by atoms with E-state index >= 15 is 0 Å². The third-order valence-electron chi connectivity index (χ3n) is 1.75. The Kier molecular flexibility index (Phi) is 4.99. The molecule has 0 fully saturated rings. The lowest BCUT2D eigenvalue weighted by molar-refractivity contribution is -0.119. The van der Waals surface area contributed by atoms with Gasteiger partial charge in [0.15, 0.2) is 5.11 Å². The first kappa shape index (κ1) is 13.2. The highest BCUT2D eigenvalue weighted by atomic mass is 35.5. The molecule has 16 heavy (non-hydrogen) atoms. The van der Waals surface area contributed by atoms with E-state index in [0.29, 0.717) is 22.2 Å². The zero-order chi connectivity index (χ0) is 12.1. The van der Waals surface area contributed by atoms with E-state index in [4.69, 9.17) is 35.4 Å². The van der Waals surface area contributed by atoms with Crippen LogP contribution in [0.15, 0.2) is 18.2 Å². The quantitative estimate of drug-likeness (QED) is 0.815. The van der Waals surface area contributed by atoms with Crippen LogP contribution in [0.2, 0.25) is 10.0 Å². The zero-order valence-electron chi connectivity index (χ0n) is 8.51. The van der Waals surface area contributed by atoms with E-state index in [0.717, 1.165) is 0 Å². The van der Waals surface area contributed by atoms with Crippen molar-refractivity contribution in [2.24, 2.45) is 0 Å². The number of hydrogen-bond donors (Lipinski definition) is 2. The molecule has 0 saturated heterocycles. The van der Waals surface area contributed by atoms with Crippen molar-refractivity contribution in [3.8, 4) is 0 Å². The number of nitrogens with one attached hydrogen (secondary N) is 2. The highest BCUT2D eigenvalue weighted by molar-refractivity contribution is 7.80. The van der Waals surface area contributed by atoms with E-state index in [1.165, 1.54) is 0 Å². The second-order valence-electron chi connectivity index (χ2n) is 2.98. The van der Waals surface area contributed by atoms with Crippen LogP contribution in [0.5, 0.6) is 0 Å². The van der Waals surface area contributed by atoms with Gasteiger partial charge < -0.3 is 10.6 Å². The first-order chi connectivity index (χ1) is 7.52. The van der Waals surface area contributed by atoms with Gasteiger partial charge in [0.2, 0.25) is 5.91 Å². The largest absolute Gasteiger partial charge is 0.331 e. The minimum Gasteiger partial charge on any atom is -0.331 e. The number of benzene rings is 1. The Balaban J connectivity index is 2.66. The molecule has 0 aromatic heterocycles. The molecule has 0 spiro atoms. The van der Waals surface area contributed by atoms with Crippen molar-refractivity contribution in [2.75, 3.05) is 5.32 Å². The van der Waals surface area contributed by atoms with Crippen molar-refractivity contribution in [3.05, 3.63) is 28.2 Å². The third-order valence-corrected chi connectivity index (χ3v) is 2.51. The number of carbonyl (C=O) groups excluding carboxylic acids is 1. The molecule has 3 nitrogen and oxygen atoms in total. The van der Waals surface area contributed by atoms with Crippen molar-refractivity contribution in [3.63, 3.8) is 0 Å². The number of hydrogen-bond acceptors (Lipinski definition) is 2. The van der Waals surface area contributed by atoms with Crippen LogP contribution in [0, 0.1) is 0 Å². The van der Waals surface area contributed by atoms with E-state index in [2.05, 4.69) is 10.6 Å². The molecule has 1 rings (SSSR count). The van der Waals surface area contributed by atoms with Crippen LogP contribution < -0.4 is 10.6 Å². The zero-order valence-corrected chi connectivity index (χ0v) is 10.8. The Morgan fingerprint density at radius 2 is 2.12 bits per heavy atom. The predicted octanol–water partition coefficient (Wildman–Crippen LogP) is 3.22. The average molecular weight is 277 g/mol. The molecular weight excluding hydrogens is 267 g/mol. The summed E-state index contributed by atoms with van der Waals surface area (Å²) in [7, 11) is 0. The molecule has 0 heterocycles. The summed E-state index contributed by atoms with van der Waals surface area (Å²) in [5, 5.41) is 6.53. The molecule has 0 unspecified atom stereocenters. The van der Waals surface area contributed by atoms with Gasteiger partial charge in [0.25, 0.3) is 0 Å². The van der Waals surface area contributed by atoms with Crippen LogP contribution in [-0.4, -0.2) is 11.0 Å². The van der Waals surface area contributed by atoms with Crippen molar-refractivity contribution >= 4 is 52.1 Å². The van der Waals surface area contributed by atoms with E-state index < -0.39 is 0 Å². The van der Waals surface area contributed by atoms with E-state index in [9.17, 15) is 4.79 Å². The van der Waals surface area contributed by atoms with Crippen LogP contribution in [0.25, 0.3) is 0 Å². The summed E-state index contributed by atoms with van der Waals surface area (Å²) in [5.74, 6) is -0.150. The molecule has 0 bridgehead atoms. The fourth-order valence-corrected chi connectivity index (χ4v) is 1.64. The number of anilines is 1. The number of amides is 1. The van der Waals surface area contributed by atoms with E-state index in [1.807, 2.05) is 0 Å². The highest BCUT2D eigenvalue weighted by Gasteiger charge is 2.05. The summed E-state index contributed by atoms with van der Waals surface area (Å²) < 4.78 is 0. The van der Waals surface area contributed by atoms with Gasteiger partial charge in [-0.05, 0) is 30.4 Å². The topological polar surface area (TPSA) is 41.1 Å². The average Bonchev–Trinajstić information content (AvgIpc) is 2.22. The number of carbonyl (C=O) groups is 1. The van der Waals surface area contributed by atoms with Crippen LogP contribution in [-0.2, 0) is 4.79 Å². The van der Waals surface area contributed by atoms with Gasteiger partial charge in [-0.15, -0.1) is 0 Å². The second-order valence-corrected chi connectivity index (χ2v) is 4.23. The van der Waals surface area contributed by atoms with Crippen molar-refractivity contribution in [1.29, 1.82) is 0 Å². The number of rotatable bonds is 2. The van der Waals surface area contributed by atoms with Crippen LogP contribution >= 0.6 is 35.4 Å². The van der Waals surface area contributed by atoms with Gasteiger partial charge in [0.05, 0.1) is 10.7 Å². The summed E-state index contributed by atoms with van der Waals surface area (Å²) in [5.41, 5.74) is 0.604. The Bertz CT molecular complexity index is 423. The summed E-state index contributed by atoms with van der Waals surface area (Å²) in [4.78, 5) is 11.1. The lowest BCUT2D eigenvalue weighted by Gasteiger charge is -2.10. The van der Waals surface area contributed by atoms with Crippen LogP contribution in [0.4, 0.5) is 5.69 Å².